The predicted molar refractivity (Wildman–Crippen MR) is 99.2 cm³/mol. The summed E-state index contributed by atoms with van der Waals surface area (Å²) in [5.41, 5.74) is 3.07. The van der Waals surface area contributed by atoms with Gasteiger partial charge in [-0.25, -0.2) is 4.98 Å². The zero-order valence-corrected chi connectivity index (χ0v) is 15.1. The molecule has 0 aliphatic heterocycles. The Morgan fingerprint density at radius 2 is 1.92 bits per heavy atom. The Balaban J connectivity index is 1.65. The van der Waals surface area contributed by atoms with E-state index in [0.29, 0.717) is 18.9 Å². The highest BCUT2D eigenvalue weighted by Crippen LogP contribution is 2.21. The average molecular weight is 351 g/mol. The third-order valence-electron chi connectivity index (χ3n) is 4.30. The van der Waals surface area contributed by atoms with Gasteiger partial charge in [-0.1, -0.05) is 18.2 Å². The van der Waals surface area contributed by atoms with Crippen LogP contribution < -0.4 is 10.9 Å². The van der Waals surface area contributed by atoms with Crippen molar-refractivity contribution in [3.05, 3.63) is 75.0 Å². The summed E-state index contributed by atoms with van der Waals surface area (Å²) in [5, 5.41) is 2.77. The van der Waals surface area contributed by atoms with Crippen molar-refractivity contribution in [1.82, 2.24) is 15.3 Å². The van der Waals surface area contributed by atoms with Crippen molar-refractivity contribution in [3.63, 3.8) is 0 Å². The molecule has 0 saturated heterocycles. The number of hydrogen-bond donors (Lipinski definition) is 2. The van der Waals surface area contributed by atoms with Crippen molar-refractivity contribution in [2.75, 3.05) is 6.54 Å². The summed E-state index contributed by atoms with van der Waals surface area (Å²) in [6.07, 6.45) is 0.524. The highest BCUT2D eigenvalue weighted by molar-refractivity contribution is 5.94. The van der Waals surface area contributed by atoms with E-state index in [0.717, 1.165) is 28.3 Å². The number of rotatable bonds is 5. The van der Waals surface area contributed by atoms with E-state index in [2.05, 4.69) is 15.3 Å². The summed E-state index contributed by atoms with van der Waals surface area (Å²) in [5.74, 6) is 0.899. The third kappa shape index (κ3) is 3.74. The van der Waals surface area contributed by atoms with E-state index in [-0.39, 0.29) is 11.1 Å². The molecular formula is C20H21N3O3. The normalized spacial score (nSPS) is 10.7. The standard InChI is InChI=1S/C20H21N3O3/c1-12-11-16(19(25)22-13(12)2)18(24)21-10-9-17-14(3)26-20(23-17)15-7-5-4-6-8-15/h4-8,11H,9-10H2,1-3H3,(H,21,24)(H,22,25). The van der Waals surface area contributed by atoms with Crippen LogP contribution in [0.1, 0.15) is 33.1 Å². The number of amides is 1. The van der Waals surface area contributed by atoms with Crippen LogP contribution >= 0.6 is 0 Å². The molecule has 0 unspecified atom stereocenters. The lowest BCUT2D eigenvalue weighted by Crippen LogP contribution is -2.31. The number of pyridine rings is 1. The fraction of sp³-hybridized carbons (Fsp3) is 0.250. The molecule has 0 spiro atoms. The Labute approximate surface area is 151 Å². The number of carbonyl (C=O) groups excluding carboxylic acids is 1. The molecule has 2 aromatic heterocycles. The van der Waals surface area contributed by atoms with Crippen LogP contribution in [0.4, 0.5) is 0 Å². The van der Waals surface area contributed by atoms with Crippen molar-refractivity contribution in [2.24, 2.45) is 0 Å². The largest absolute Gasteiger partial charge is 0.441 e. The van der Waals surface area contributed by atoms with Crippen molar-refractivity contribution in [2.45, 2.75) is 27.2 Å². The number of H-pyrrole nitrogens is 1. The molecule has 3 aromatic rings. The van der Waals surface area contributed by atoms with Crippen molar-refractivity contribution in [3.8, 4) is 11.5 Å². The van der Waals surface area contributed by atoms with E-state index in [1.165, 1.54) is 0 Å². The number of nitrogens with zero attached hydrogens (tertiary/aromatic N) is 1. The number of benzene rings is 1. The first-order valence-corrected chi connectivity index (χ1v) is 8.46. The van der Waals surface area contributed by atoms with E-state index in [1.807, 2.05) is 44.2 Å². The Morgan fingerprint density at radius 1 is 1.19 bits per heavy atom. The van der Waals surface area contributed by atoms with Gasteiger partial charge >= 0.3 is 0 Å². The first-order chi connectivity index (χ1) is 12.5. The molecule has 3 rings (SSSR count). The second kappa shape index (κ2) is 7.39. The van der Waals surface area contributed by atoms with Gasteiger partial charge in [0.25, 0.3) is 11.5 Å². The van der Waals surface area contributed by atoms with Gasteiger partial charge < -0.3 is 14.7 Å². The SMILES string of the molecule is Cc1cc(C(=O)NCCc2nc(-c3ccccc3)oc2C)c(=O)[nH]c1C. The molecule has 0 aliphatic rings. The minimum atomic E-state index is -0.390. The second-order valence-corrected chi connectivity index (χ2v) is 6.21. The Kier molecular flexibility index (Phi) is 5.02. The van der Waals surface area contributed by atoms with Gasteiger partial charge in [0.05, 0.1) is 5.69 Å². The van der Waals surface area contributed by atoms with Crippen molar-refractivity contribution in [1.29, 1.82) is 0 Å². The number of oxazole rings is 1. The number of aryl methyl sites for hydroxylation is 3. The van der Waals surface area contributed by atoms with Crippen molar-refractivity contribution >= 4 is 5.91 Å². The van der Waals surface area contributed by atoms with Crippen LogP contribution in [-0.2, 0) is 6.42 Å². The molecule has 6 heteroatoms. The first-order valence-electron chi connectivity index (χ1n) is 8.46. The van der Waals surface area contributed by atoms with Gasteiger partial charge in [0, 0.05) is 24.2 Å². The molecule has 1 aromatic carbocycles. The molecule has 0 radical (unpaired) electrons. The predicted octanol–water partition coefficient (Wildman–Crippen LogP) is 2.93. The summed E-state index contributed by atoms with van der Waals surface area (Å²) in [6, 6.07) is 11.3. The maximum atomic E-state index is 12.3. The van der Waals surface area contributed by atoms with Crippen LogP contribution in [0.25, 0.3) is 11.5 Å². The molecule has 26 heavy (non-hydrogen) atoms. The Bertz CT molecular complexity index is 987. The zero-order chi connectivity index (χ0) is 18.7. The molecule has 2 heterocycles. The summed E-state index contributed by atoms with van der Waals surface area (Å²) in [6.45, 7) is 5.87. The summed E-state index contributed by atoms with van der Waals surface area (Å²) >= 11 is 0. The molecule has 2 N–H and O–H groups in total. The maximum absolute atomic E-state index is 12.3. The molecule has 6 nitrogen and oxygen atoms in total. The Morgan fingerprint density at radius 3 is 2.65 bits per heavy atom. The quantitative estimate of drug-likeness (QED) is 0.740. The highest BCUT2D eigenvalue weighted by Gasteiger charge is 2.14. The highest BCUT2D eigenvalue weighted by atomic mass is 16.4. The first kappa shape index (κ1) is 17.7. The number of aromatic nitrogens is 2. The summed E-state index contributed by atoms with van der Waals surface area (Å²) in [7, 11) is 0. The van der Waals surface area contributed by atoms with Gasteiger partial charge in [-0.05, 0) is 44.5 Å². The van der Waals surface area contributed by atoms with Gasteiger partial charge in [0.1, 0.15) is 11.3 Å². The summed E-state index contributed by atoms with van der Waals surface area (Å²) in [4.78, 5) is 31.4. The fourth-order valence-corrected chi connectivity index (χ4v) is 2.65. The molecule has 0 atom stereocenters. The number of hydrogen-bond acceptors (Lipinski definition) is 4. The van der Waals surface area contributed by atoms with E-state index >= 15 is 0 Å². The molecule has 1 amide bonds. The lowest BCUT2D eigenvalue weighted by atomic mass is 10.1. The van der Waals surface area contributed by atoms with Crippen LogP contribution in [0.15, 0.2) is 45.6 Å². The lowest BCUT2D eigenvalue weighted by molar-refractivity contribution is 0.0952. The molecular weight excluding hydrogens is 330 g/mol. The molecule has 0 aliphatic carbocycles. The topological polar surface area (TPSA) is 88.0 Å². The van der Waals surface area contributed by atoms with Gasteiger partial charge in [0.15, 0.2) is 0 Å². The summed E-state index contributed by atoms with van der Waals surface area (Å²) < 4.78 is 5.71. The average Bonchev–Trinajstić information content (AvgIpc) is 3.00. The number of nitrogens with one attached hydrogen (secondary N) is 2. The Hall–Kier alpha value is -3.15. The monoisotopic (exact) mass is 351 g/mol. The zero-order valence-electron chi connectivity index (χ0n) is 15.1. The van der Waals surface area contributed by atoms with Crippen LogP contribution in [0, 0.1) is 20.8 Å². The molecule has 0 bridgehead atoms. The van der Waals surface area contributed by atoms with E-state index < -0.39 is 5.91 Å². The fourth-order valence-electron chi connectivity index (χ4n) is 2.65. The van der Waals surface area contributed by atoms with Crippen LogP contribution in [0.5, 0.6) is 0 Å². The van der Waals surface area contributed by atoms with Gasteiger partial charge in [-0.2, -0.15) is 0 Å². The second-order valence-electron chi connectivity index (χ2n) is 6.21. The third-order valence-corrected chi connectivity index (χ3v) is 4.30. The minimum Gasteiger partial charge on any atom is -0.441 e. The van der Waals surface area contributed by atoms with Crippen LogP contribution in [-0.4, -0.2) is 22.4 Å². The van der Waals surface area contributed by atoms with Gasteiger partial charge in [0.2, 0.25) is 5.89 Å². The van der Waals surface area contributed by atoms with Crippen LogP contribution in [0.3, 0.4) is 0 Å². The minimum absolute atomic E-state index is 0.120. The van der Waals surface area contributed by atoms with E-state index in [1.54, 1.807) is 13.0 Å². The van der Waals surface area contributed by atoms with E-state index in [4.69, 9.17) is 4.42 Å². The van der Waals surface area contributed by atoms with E-state index in [9.17, 15) is 9.59 Å². The van der Waals surface area contributed by atoms with Crippen LogP contribution in [0.2, 0.25) is 0 Å². The maximum Gasteiger partial charge on any atom is 0.261 e. The smallest absolute Gasteiger partial charge is 0.261 e. The number of carbonyl (C=O) groups is 1. The van der Waals surface area contributed by atoms with Crippen molar-refractivity contribution < 1.29 is 9.21 Å². The lowest BCUT2D eigenvalue weighted by Gasteiger charge is -2.06. The molecule has 134 valence electrons. The molecule has 0 fully saturated rings. The molecule has 0 saturated carbocycles. The number of aromatic amines is 1. The van der Waals surface area contributed by atoms with Gasteiger partial charge in [-0.15, -0.1) is 0 Å². The van der Waals surface area contributed by atoms with Gasteiger partial charge in [-0.3, -0.25) is 9.59 Å².